The Balaban J connectivity index is 2.49. The number of nitrogens with one attached hydrogen (secondary N) is 1. The minimum Gasteiger partial charge on any atom is -0.316 e. The van der Waals surface area contributed by atoms with Crippen LogP contribution in [-0.2, 0) is 0 Å². The van der Waals surface area contributed by atoms with E-state index in [1.165, 1.54) is 0 Å². The third-order valence-electron chi connectivity index (χ3n) is 1.57. The molecule has 0 radical (unpaired) electrons. The van der Waals surface area contributed by atoms with Crippen molar-refractivity contribution < 1.29 is 4.39 Å². The molecule has 1 heterocycles. The molecule has 50 valence electrons. The summed E-state index contributed by atoms with van der Waals surface area (Å²) in [5, 5.41) is 2.99. The Bertz CT molecular complexity index is 132. The van der Waals surface area contributed by atoms with Crippen molar-refractivity contribution in [2.45, 2.75) is 18.6 Å². The second kappa shape index (κ2) is 2.32. The largest absolute Gasteiger partial charge is 0.373 e. The summed E-state index contributed by atoms with van der Waals surface area (Å²) in [6.45, 7) is 7.79. The molecule has 0 aliphatic carbocycles. The second-order valence-corrected chi connectivity index (χ2v) is 2.28. The normalized spacial score (nSPS) is 24.9. The predicted molar refractivity (Wildman–Crippen MR) is 32.5 cm³/mol. The first-order valence-electron chi connectivity index (χ1n) is 3.05. The summed E-state index contributed by atoms with van der Waals surface area (Å²) in [7, 11) is 0. The van der Waals surface area contributed by atoms with Crippen LogP contribution in [0.4, 0.5) is 4.39 Å². The third-order valence-corrected chi connectivity index (χ3v) is 1.57. The first-order chi connectivity index (χ1) is 4.27. The SMILES string of the molecule is [C-]#[N+]C1(F)CCNCC1. The number of rotatable bonds is 0. The van der Waals surface area contributed by atoms with E-state index >= 15 is 0 Å². The molecule has 0 aromatic rings. The van der Waals surface area contributed by atoms with E-state index in [0.29, 0.717) is 25.9 Å². The molecule has 0 saturated carbocycles. The fourth-order valence-corrected chi connectivity index (χ4v) is 0.922. The molecule has 0 amide bonds. The zero-order valence-electron chi connectivity index (χ0n) is 5.15. The number of halogens is 1. The van der Waals surface area contributed by atoms with Crippen LogP contribution in [0, 0.1) is 6.57 Å². The molecule has 1 N–H and O–H groups in total. The number of alkyl halides is 1. The second-order valence-electron chi connectivity index (χ2n) is 2.28. The number of hydrogen-bond acceptors (Lipinski definition) is 1. The molecule has 0 atom stereocenters. The molecule has 1 aliphatic rings. The highest BCUT2D eigenvalue weighted by Gasteiger charge is 2.37. The van der Waals surface area contributed by atoms with E-state index in [-0.39, 0.29) is 0 Å². The van der Waals surface area contributed by atoms with Gasteiger partial charge in [0.05, 0.1) is 12.8 Å². The molecule has 0 bridgehead atoms. The highest BCUT2D eigenvalue weighted by atomic mass is 19.1. The summed E-state index contributed by atoms with van der Waals surface area (Å²) in [5.41, 5.74) is 0. The summed E-state index contributed by atoms with van der Waals surface area (Å²) in [5.74, 6) is -1.55. The molecular weight excluding hydrogens is 119 g/mol. The molecular formula is C6H9FN2. The topological polar surface area (TPSA) is 16.4 Å². The van der Waals surface area contributed by atoms with Gasteiger partial charge in [0.2, 0.25) is 0 Å². The van der Waals surface area contributed by atoms with Gasteiger partial charge < -0.3 is 5.32 Å². The van der Waals surface area contributed by atoms with Gasteiger partial charge in [0.15, 0.2) is 0 Å². The fourth-order valence-electron chi connectivity index (χ4n) is 0.922. The Morgan fingerprint density at radius 2 is 2.00 bits per heavy atom. The highest BCUT2D eigenvalue weighted by Crippen LogP contribution is 2.23. The van der Waals surface area contributed by atoms with Crippen molar-refractivity contribution in [1.29, 1.82) is 0 Å². The van der Waals surface area contributed by atoms with Gasteiger partial charge in [0, 0.05) is 13.1 Å². The van der Waals surface area contributed by atoms with Gasteiger partial charge in [-0.1, -0.05) is 0 Å². The third kappa shape index (κ3) is 1.39. The summed E-state index contributed by atoms with van der Waals surface area (Å²) < 4.78 is 12.9. The first-order valence-corrected chi connectivity index (χ1v) is 3.05. The van der Waals surface area contributed by atoms with Gasteiger partial charge in [0.1, 0.15) is 0 Å². The lowest BCUT2D eigenvalue weighted by Crippen LogP contribution is -2.36. The molecule has 1 aliphatic heterocycles. The zero-order valence-corrected chi connectivity index (χ0v) is 5.15. The average molecular weight is 128 g/mol. The van der Waals surface area contributed by atoms with Crippen LogP contribution in [0.25, 0.3) is 4.85 Å². The van der Waals surface area contributed by atoms with Crippen LogP contribution < -0.4 is 5.32 Å². The average Bonchev–Trinajstić information content (AvgIpc) is 1.90. The lowest BCUT2D eigenvalue weighted by Gasteiger charge is -2.18. The molecule has 1 saturated heterocycles. The van der Waals surface area contributed by atoms with E-state index in [2.05, 4.69) is 10.2 Å². The predicted octanol–water partition coefficient (Wildman–Crippen LogP) is 0.955. The van der Waals surface area contributed by atoms with Crippen LogP contribution in [0.5, 0.6) is 0 Å². The molecule has 0 spiro atoms. The lowest BCUT2D eigenvalue weighted by atomic mass is 10.1. The first kappa shape index (κ1) is 6.50. The maximum Gasteiger partial charge on any atom is 0.373 e. The lowest BCUT2D eigenvalue weighted by molar-refractivity contribution is 0.170. The van der Waals surface area contributed by atoms with Gasteiger partial charge in [-0.05, 0) is 0 Å². The van der Waals surface area contributed by atoms with Crippen LogP contribution >= 0.6 is 0 Å². The van der Waals surface area contributed by atoms with E-state index in [0.717, 1.165) is 0 Å². The standard InChI is InChI=1S/C6H9FN2/c1-8-6(7)2-4-9-5-3-6/h9H,2-5H2. The molecule has 3 heteroatoms. The van der Waals surface area contributed by atoms with Crippen molar-refractivity contribution in [3.63, 3.8) is 0 Å². The molecule has 1 fully saturated rings. The van der Waals surface area contributed by atoms with Gasteiger partial charge >= 0.3 is 5.79 Å². The van der Waals surface area contributed by atoms with E-state index in [4.69, 9.17) is 6.57 Å². The molecule has 0 aromatic heterocycles. The fraction of sp³-hybridized carbons (Fsp3) is 0.833. The van der Waals surface area contributed by atoms with Gasteiger partial charge in [-0.3, -0.25) is 4.85 Å². The maximum atomic E-state index is 12.9. The van der Waals surface area contributed by atoms with E-state index in [1.807, 2.05) is 0 Å². The van der Waals surface area contributed by atoms with Crippen molar-refractivity contribution in [2.24, 2.45) is 0 Å². The molecule has 2 nitrogen and oxygen atoms in total. The van der Waals surface area contributed by atoms with Crippen molar-refractivity contribution in [2.75, 3.05) is 13.1 Å². The van der Waals surface area contributed by atoms with E-state index < -0.39 is 5.79 Å². The van der Waals surface area contributed by atoms with Crippen molar-refractivity contribution in [1.82, 2.24) is 5.32 Å². The van der Waals surface area contributed by atoms with Crippen LogP contribution in [0.2, 0.25) is 0 Å². The van der Waals surface area contributed by atoms with Gasteiger partial charge in [-0.15, -0.1) is 0 Å². The molecule has 0 unspecified atom stereocenters. The van der Waals surface area contributed by atoms with Crippen LogP contribution in [0.3, 0.4) is 0 Å². The zero-order chi connectivity index (χ0) is 6.74. The Labute approximate surface area is 53.9 Å². The Hall–Kier alpha value is -0.620. The van der Waals surface area contributed by atoms with Crippen molar-refractivity contribution in [3.05, 3.63) is 11.4 Å². The summed E-state index contributed by atoms with van der Waals surface area (Å²) in [6.07, 6.45) is 0.688. The molecule has 9 heavy (non-hydrogen) atoms. The van der Waals surface area contributed by atoms with Crippen LogP contribution in [-0.4, -0.2) is 18.9 Å². The van der Waals surface area contributed by atoms with Gasteiger partial charge in [0.25, 0.3) is 0 Å². The summed E-state index contributed by atoms with van der Waals surface area (Å²) in [6, 6.07) is 0. The van der Waals surface area contributed by atoms with Crippen LogP contribution in [0.15, 0.2) is 0 Å². The number of piperidine rings is 1. The number of nitrogens with zero attached hydrogens (tertiary/aromatic N) is 1. The highest BCUT2D eigenvalue weighted by molar-refractivity contribution is 4.91. The van der Waals surface area contributed by atoms with E-state index in [1.54, 1.807) is 0 Å². The summed E-state index contributed by atoms with van der Waals surface area (Å²) >= 11 is 0. The smallest absolute Gasteiger partial charge is 0.316 e. The van der Waals surface area contributed by atoms with Crippen molar-refractivity contribution >= 4 is 0 Å². The minimum absolute atomic E-state index is 0.344. The quantitative estimate of drug-likeness (QED) is 0.379. The monoisotopic (exact) mass is 128 g/mol. The minimum atomic E-state index is -1.55. The molecule has 0 aromatic carbocycles. The summed E-state index contributed by atoms with van der Waals surface area (Å²) in [4.78, 5) is 2.92. The van der Waals surface area contributed by atoms with Crippen molar-refractivity contribution in [3.8, 4) is 0 Å². The van der Waals surface area contributed by atoms with Gasteiger partial charge in [-0.25, -0.2) is 6.57 Å². The number of hydrogen-bond donors (Lipinski definition) is 1. The van der Waals surface area contributed by atoms with E-state index in [9.17, 15) is 4.39 Å². The molecule has 1 rings (SSSR count). The maximum absolute atomic E-state index is 12.9. The van der Waals surface area contributed by atoms with Crippen LogP contribution in [0.1, 0.15) is 12.8 Å². The Morgan fingerprint density at radius 3 is 2.33 bits per heavy atom. The Kier molecular flexibility index (Phi) is 1.68. The van der Waals surface area contributed by atoms with Gasteiger partial charge in [-0.2, -0.15) is 4.39 Å². The Morgan fingerprint density at radius 1 is 1.44 bits per heavy atom.